The van der Waals surface area contributed by atoms with E-state index in [0.717, 1.165) is 5.75 Å². The van der Waals surface area contributed by atoms with Crippen molar-refractivity contribution in [2.24, 2.45) is 0 Å². The van der Waals surface area contributed by atoms with E-state index in [0.29, 0.717) is 12.1 Å². The summed E-state index contributed by atoms with van der Waals surface area (Å²) in [7, 11) is 1.60. The molecule has 4 heteroatoms. The number of hydrogen-bond acceptors (Lipinski definition) is 2. The van der Waals surface area contributed by atoms with Crippen LogP contribution in [0.2, 0.25) is 0 Å². The molecule has 1 aromatic rings. The predicted octanol–water partition coefficient (Wildman–Crippen LogP) is -2.88. The normalized spacial score (nSPS) is 8.77. The molecule has 0 amide bonds. The molecule has 0 atom stereocenters. The molecule has 0 saturated carbocycles. The molecule has 0 saturated heterocycles. The van der Waals surface area contributed by atoms with Crippen LogP contribution in [0.3, 0.4) is 0 Å². The van der Waals surface area contributed by atoms with Crippen molar-refractivity contribution in [1.82, 2.24) is 0 Å². The second-order valence-corrected chi connectivity index (χ2v) is 2.40. The van der Waals surface area contributed by atoms with Gasteiger partial charge in [-0.2, -0.15) is 0 Å². The molecule has 0 heterocycles. The highest BCUT2D eigenvalue weighted by molar-refractivity contribution is 5.96. The van der Waals surface area contributed by atoms with Gasteiger partial charge in [0.25, 0.3) is 0 Å². The van der Waals surface area contributed by atoms with E-state index in [-0.39, 0.29) is 22.8 Å². The van der Waals surface area contributed by atoms with E-state index < -0.39 is 0 Å². The lowest BCUT2D eigenvalue weighted by Crippen LogP contribution is -3.00. The fourth-order valence-corrected chi connectivity index (χ4v) is 0.921. The van der Waals surface area contributed by atoms with Crippen LogP contribution in [0.1, 0.15) is 10.4 Å². The number of methoxy groups -OCH3 is 1. The summed E-state index contributed by atoms with van der Waals surface area (Å²) in [4.78, 5) is 11.1. The molecule has 0 aliphatic carbocycles. The van der Waals surface area contributed by atoms with E-state index in [2.05, 4.69) is 5.73 Å². The first-order valence-electron chi connectivity index (χ1n) is 3.74. The van der Waals surface area contributed by atoms with Gasteiger partial charge in [0.2, 0.25) is 5.78 Å². The largest absolute Gasteiger partial charge is 1.00 e. The van der Waals surface area contributed by atoms with Gasteiger partial charge in [-0.1, -0.05) is 0 Å². The maximum absolute atomic E-state index is 11.1. The summed E-state index contributed by atoms with van der Waals surface area (Å²) in [5.74, 6) is 0.813. The fourth-order valence-electron chi connectivity index (χ4n) is 0.921. The molecule has 0 aliphatic rings. The number of carbonyl (C=O) groups excluding carboxylic acids is 1. The van der Waals surface area contributed by atoms with Crippen LogP contribution in [-0.2, 0) is 0 Å². The van der Waals surface area contributed by atoms with Crippen molar-refractivity contribution in [3.05, 3.63) is 29.8 Å². The lowest BCUT2D eigenvalue weighted by atomic mass is 10.1. The molecule has 1 rings (SSSR count). The van der Waals surface area contributed by atoms with Crippen molar-refractivity contribution < 1.29 is 32.2 Å². The number of quaternary nitrogens is 1. The van der Waals surface area contributed by atoms with Crippen LogP contribution in [0, 0.1) is 0 Å². The van der Waals surface area contributed by atoms with Crippen molar-refractivity contribution in [3.63, 3.8) is 0 Å². The summed E-state index contributed by atoms with van der Waals surface area (Å²) >= 11 is 0. The van der Waals surface area contributed by atoms with E-state index in [4.69, 9.17) is 4.74 Å². The molecule has 0 aromatic heterocycles. The Kier molecular flexibility index (Phi) is 5.34. The number of ether oxygens (including phenoxy) is 1. The van der Waals surface area contributed by atoms with Crippen molar-refractivity contribution in [1.29, 1.82) is 0 Å². The van der Waals surface area contributed by atoms with Crippen LogP contribution in [-0.4, -0.2) is 19.4 Å². The highest BCUT2D eigenvalue weighted by Gasteiger charge is 2.03. The highest BCUT2D eigenvalue weighted by Crippen LogP contribution is 2.10. The number of hydrogen-bond donors (Lipinski definition) is 1. The third kappa shape index (κ3) is 3.16. The van der Waals surface area contributed by atoms with E-state index in [1.165, 1.54) is 0 Å². The third-order valence-electron chi connectivity index (χ3n) is 1.64. The first-order valence-corrected chi connectivity index (χ1v) is 3.74. The molecular formula is C9H12BrNO2. The Hall–Kier alpha value is -0.870. The van der Waals surface area contributed by atoms with Gasteiger partial charge < -0.3 is 27.5 Å². The molecule has 0 bridgehead atoms. The minimum absolute atomic E-state index is 0. The van der Waals surface area contributed by atoms with Crippen LogP contribution in [0.25, 0.3) is 0 Å². The van der Waals surface area contributed by atoms with Gasteiger partial charge in [-0.25, -0.2) is 0 Å². The summed E-state index contributed by atoms with van der Waals surface area (Å²) in [6, 6.07) is 7.02. The van der Waals surface area contributed by atoms with Gasteiger partial charge in [-0.15, -0.1) is 0 Å². The molecule has 13 heavy (non-hydrogen) atoms. The molecule has 0 aliphatic heterocycles. The Balaban J connectivity index is 0.00000144. The number of ketones is 1. The van der Waals surface area contributed by atoms with Crippen molar-refractivity contribution in [3.8, 4) is 5.75 Å². The molecule has 0 unspecified atom stereocenters. The van der Waals surface area contributed by atoms with Gasteiger partial charge in [0.15, 0.2) is 0 Å². The van der Waals surface area contributed by atoms with E-state index in [1.54, 1.807) is 31.4 Å². The summed E-state index contributed by atoms with van der Waals surface area (Å²) < 4.78 is 4.96. The quantitative estimate of drug-likeness (QED) is 0.583. The van der Waals surface area contributed by atoms with Gasteiger partial charge in [-0.3, -0.25) is 4.79 Å². The van der Waals surface area contributed by atoms with Crippen molar-refractivity contribution in [2.45, 2.75) is 0 Å². The van der Waals surface area contributed by atoms with E-state index in [1.807, 2.05) is 0 Å². The van der Waals surface area contributed by atoms with Crippen LogP contribution in [0.15, 0.2) is 24.3 Å². The zero-order chi connectivity index (χ0) is 8.97. The number of carbonyl (C=O) groups is 1. The molecule has 72 valence electrons. The number of halogens is 1. The summed E-state index contributed by atoms with van der Waals surface area (Å²) in [5, 5.41) is 0. The SMILES string of the molecule is COc1ccc(C(=O)C[NH3+])cc1.[Br-]. The van der Waals surface area contributed by atoms with Crippen LogP contribution in [0.5, 0.6) is 5.75 Å². The smallest absolute Gasteiger partial charge is 0.216 e. The summed E-state index contributed by atoms with van der Waals surface area (Å²) in [5.41, 5.74) is 4.21. The first-order chi connectivity index (χ1) is 5.77. The van der Waals surface area contributed by atoms with Gasteiger partial charge in [0.1, 0.15) is 12.3 Å². The predicted molar refractivity (Wildman–Crippen MR) is 45.1 cm³/mol. The maximum Gasteiger partial charge on any atom is 0.216 e. The summed E-state index contributed by atoms with van der Waals surface area (Å²) in [6.45, 7) is 0.298. The van der Waals surface area contributed by atoms with Crippen molar-refractivity contribution in [2.75, 3.05) is 13.7 Å². The molecule has 0 radical (unpaired) electrons. The maximum atomic E-state index is 11.1. The Labute approximate surface area is 87.7 Å². The zero-order valence-corrected chi connectivity index (χ0v) is 9.00. The van der Waals surface area contributed by atoms with E-state index >= 15 is 0 Å². The zero-order valence-electron chi connectivity index (χ0n) is 7.42. The van der Waals surface area contributed by atoms with Crippen molar-refractivity contribution >= 4 is 5.78 Å². The average molecular weight is 246 g/mol. The Bertz CT molecular complexity index is 271. The number of rotatable bonds is 3. The molecule has 1 aromatic carbocycles. The van der Waals surface area contributed by atoms with E-state index in [9.17, 15) is 4.79 Å². The van der Waals surface area contributed by atoms with Crippen LogP contribution in [0.4, 0.5) is 0 Å². The monoisotopic (exact) mass is 245 g/mol. The summed E-state index contributed by atoms with van der Waals surface area (Å²) in [6.07, 6.45) is 0. The molecular weight excluding hydrogens is 234 g/mol. The second-order valence-electron chi connectivity index (χ2n) is 2.40. The highest BCUT2D eigenvalue weighted by atomic mass is 79.9. The van der Waals surface area contributed by atoms with Gasteiger partial charge in [0.05, 0.1) is 7.11 Å². The van der Waals surface area contributed by atoms with Crippen LogP contribution >= 0.6 is 0 Å². The Morgan fingerprint density at radius 1 is 1.38 bits per heavy atom. The van der Waals surface area contributed by atoms with Gasteiger partial charge in [0, 0.05) is 5.56 Å². The third-order valence-corrected chi connectivity index (χ3v) is 1.64. The Morgan fingerprint density at radius 3 is 2.31 bits per heavy atom. The minimum atomic E-state index is 0. The van der Waals surface area contributed by atoms with Gasteiger partial charge >= 0.3 is 0 Å². The first kappa shape index (κ1) is 12.1. The molecule has 3 nitrogen and oxygen atoms in total. The number of Topliss-reactive ketones (excluding diaryl/α,β-unsaturated/α-hetero) is 1. The lowest BCUT2D eigenvalue weighted by molar-refractivity contribution is -0.349. The van der Waals surface area contributed by atoms with Crippen LogP contribution < -0.4 is 27.5 Å². The standard InChI is InChI=1S/C9H11NO2.BrH/c1-12-8-4-2-7(3-5-8)9(11)6-10;/h2-5H,6,10H2,1H3;1H. The fraction of sp³-hybridized carbons (Fsp3) is 0.222. The number of benzene rings is 1. The molecule has 0 spiro atoms. The molecule has 3 N–H and O–H groups in total. The van der Waals surface area contributed by atoms with Gasteiger partial charge in [-0.05, 0) is 24.3 Å². The minimum Gasteiger partial charge on any atom is -1.00 e. The second kappa shape index (κ2) is 5.72. The molecule has 0 fully saturated rings. The lowest BCUT2D eigenvalue weighted by Gasteiger charge is -1.99. The topological polar surface area (TPSA) is 53.9 Å². The average Bonchev–Trinajstić information content (AvgIpc) is 2.17. The Morgan fingerprint density at radius 2 is 1.92 bits per heavy atom.